The molecule has 0 aliphatic rings. The highest BCUT2D eigenvalue weighted by molar-refractivity contribution is 5.84. The number of amides is 1. The molecule has 1 atom stereocenters. The lowest BCUT2D eigenvalue weighted by molar-refractivity contribution is -0.127. The van der Waals surface area contributed by atoms with Crippen LogP contribution >= 0.6 is 0 Å². The van der Waals surface area contributed by atoms with Crippen molar-refractivity contribution < 1.29 is 4.79 Å². The molecule has 0 aromatic rings. The normalized spacial score (nSPS) is 13.7. The standard InChI is InChI=1S/C8H11N3O/c1-3-8(2,6-10)7(12)11-5-4-9/h3,5H2,1-2H3,(H,11,12). The molecule has 0 heterocycles. The van der Waals surface area contributed by atoms with Crippen LogP contribution in [0.4, 0.5) is 0 Å². The maximum Gasteiger partial charge on any atom is 0.240 e. The molecule has 1 unspecified atom stereocenters. The second-order valence-electron chi connectivity index (χ2n) is 2.64. The van der Waals surface area contributed by atoms with Crippen molar-refractivity contribution in [1.82, 2.24) is 5.32 Å². The van der Waals surface area contributed by atoms with Gasteiger partial charge in [0.2, 0.25) is 5.91 Å². The highest BCUT2D eigenvalue weighted by Gasteiger charge is 2.30. The Labute approximate surface area is 71.8 Å². The van der Waals surface area contributed by atoms with Gasteiger partial charge in [-0.25, -0.2) is 0 Å². The van der Waals surface area contributed by atoms with Gasteiger partial charge in [-0.1, -0.05) is 6.92 Å². The molecule has 4 nitrogen and oxygen atoms in total. The van der Waals surface area contributed by atoms with E-state index in [4.69, 9.17) is 10.5 Å². The first-order valence-corrected chi connectivity index (χ1v) is 3.67. The van der Waals surface area contributed by atoms with E-state index in [1.165, 1.54) is 0 Å². The van der Waals surface area contributed by atoms with Crippen LogP contribution in [0.1, 0.15) is 20.3 Å². The minimum absolute atomic E-state index is 0.0455. The monoisotopic (exact) mass is 165 g/mol. The van der Waals surface area contributed by atoms with Crippen LogP contribution in [0.2, 0.25) is 0 Å². The van der Waals surface area contributed by atoms with E-state index in [9.17, 15) is 4.79 Å². The Morgan fingerprint density at radius 1 is 1.58 bits per heavy atom. The maximum absolute atomic E-state index is 11.2. The molecule has 0 saturated carbocycles. The smallest absolute Gasteiger partial charge is 0.240 e. The average molecular weight is 165 g/mol. The molecule has 0 aliphatic carbocycles. The summed E-state index contributed by atoms with van der Waals surface area (Å²) >= 11 is 0. The van der Waals surface area contributed by atoms with Gasteiger partial charge in [0.15, 0.2) is 0 Å². The summed E-state index contributed by atoms with van der Waals surface area (Å²) in [6.45, 7) is 3.27. The fourth-order valence-corrected chi connectivity index (χ4v) is 0.605. The molecule has 0 aromatic heterocycles. The Morgan fingerprint density at radius 3 is 2.50 bits per heavy atom. The SMILES string of the molecule is CCC(C)(C#N)C(=O)NCC#N. The lowest BCUT2D eigenvalue weighted by Gasteiger charge is -2.16. The minimum Gasteiger partial charge on any atom is -0.342 e. The van der Waals surface area contributed by atoms with Gasteiger partial charge in [0, 0.05) is 0 Å². The summed E-state index contributed by atoms with van der Waals surface area (Å²) in [4.78, 5) is 11.2. The van der Waals surface area contributed by atoms with Crippen LogP contribution in [-0.4, -0.2) is 12.5 Å². The van der Waals surface area contributed by atoms with Gasteiger partial charge < -0.3 is 5.32 Å². The van der Waals surface area contributed by atoms with E-state index in [0.29, 0.717) is 6.42 Å². The molecule has 1 amide bonds. The van der Waals surface area contributed by atoms with Crippen molar-refractivity contribution in [3.63, 3.8) is 0 Å². The van der Waals surface area contributed by atoms with Gasteiger partial charge in [-0.3, -0.25) is 4.79 Å². The highest BCUT2D eigenvalue weighted by atomic mass is 16.2. The first-order chi connectivity index (χ1) is 5.60. The van der Waals surface area contributed by atoms with Gasteiger partial charge in [0.25, 0.3) is 0 Å². The molecule has 12 heavy (non-hydrogen) atoms. The Morgan fingerprint density at radius 2 is 2.17 bits per heavy atom. The summed E-state index contributed by atoms with van der Waals surface area (Å²) in [6, 6.07) is 3.69. The van der Waals surface area contributed by atoms with Gasteiger partial charge in [-0.05, 0) is 13.3 Å². The van der Waals surface area contributed by atoms with Crippen LogP contribution in [0.3, 0.4) is 0 Å². The van der Waals surface area contributed by atoms with Crippen molar-refractivity contribution >= 4 is 5.91 Å². The van der Waals surface area contributed by atoms with Crippen LogP contribution < -0.4 is 5.32 Å². The van der Waals surface area contributed by atoms with E-state index >= 15 is 0 Å². The number of hydrogen-bond acceptors (Lipinski definition) is 3. The second-order valence-corrected chi connectivity index (χ2v) is 2.64. The predicted octanol–water partition coefficient (Wildman–Crippen LogP) is 0.566. The predicted molar refractivity (Wildman–Crippen MR) is 42.6 cm³/mol. The second kappa shape index (κ2) is 4.35. The Balaban J connectivity index is 4.27. The summed E-state index contributed by atoms with van der Waals surface area (Å²) in [7, 11) is 0. The molecule has 0 rings (SSSR count). The van der Waals surface area contributed by atoms with E-state index in [1.807, 2.05) is 6.07 Å². The lowest BCUT2D eigenvalue weighted by Crippen LogP contribution is -2.37. The molecule has 0 saturated heterocycles. The van der Waals surface area contributed by atoms with Crippen LogP contribution in [-0.2, 0) is 4.79 Å². The molecule has 64 valence electrons. The molecular weight excluding hydrogens is 154 g/mol. The van der Waals surface area contributed by atoms with Crippen LogP contribution in [0.15, 0.2) is 0 Å². The third-order valence-electron chi connectivity index (χ3n) is 1.78. The fraction of sp³-hybridized carbons (Fsp3) is 0.625. The molecule has 0 aliphatic heterocycles. The number of carbonyl (C=O) groups is 1. The van der Waals surface area contributed by atoms with Gasteiger partial charge in [0.05, 0.1) is 12.1 Å². The third kappa shape index (κ3) is 2.25. The van der Waals surface area contributed by atoms with E-state index in [-0.39, 0.29) is 12.5 Å². The van der Waals surface area contributed by atoms with Crippen LogP contribution in [0.25, 0.3) is 0 Å². The van der Waals surface area contributed by atoms with Crippen LogP contribution in [0.5, 0.6) is 0 Å². The number of nitriles is 2. The van der Waals surface area contributed by atoms with E-state index in [1.54, 1.807) is 19.9 Å². The largest absolute Gasteiger partial charge is 0.342 e. The summed E-state index contributed by atoms with van der Waals surface area (Å²) < 4.78 is 0. The molecular formula is C8H11N3O. The van der Waals surface area contributed by atoms with Crippen molar-refractivity contribution in [1.29, 1.82) is 10.5 Å². The van der Waals surface area contributed by atoms with Crippen molar-refractivity contribution in [2.24, 2.45) is 5.41 Å². The molecule has 4 heteroatoms. The van der Waals surface area contributed by atoms with E-state index in [0.717, 1.165) is 0 Å². The number of nitrogens with zero attached hydrogens (tertiary/aromatic N) is 2. The van der Waals surface area contributed by atoms with E-state index in [2.05, 4.69) is 5.32 Å². The number of nitrogens with one attached hydrogen (secondary N) is 1. The third-order valence-corrected chi connectivity index (χ3v) is 1.78. The zero-order valence-electron chi connectivity index (χ0n) is 7.22. The lowest BCUT2D eigenvalue weighted by atomic mass is 9.88. The highest BCUT2D eigenvalue weighted by Crippen LogP contribution is 2.18. The Kier molecular flexibility index (Phi) is 3.79. The minimum atomic E-state index is -1.00. The zero-order chi connectivity index (χ0) is 9.61. The summed E-state index contributed by atoms with van der Waals surface area (Å²) in [5.41, 5.74) is -1.00. The summed E-state index contributed by atoms with van der Waals surface area (Å²) in [6.07, 6.45) is 0.445. The topological polar surface area (TPSA) is 76.7 Å². The molecule has 0 spiro atoms. The molecule has 0 bridgehead atoms. The first-order valence-electron chi connectivity index (χ1n) is 3.67. The van der Waals surface area contributed by atoms with E-state index < -0.39 is 5.41 Å². The molecule has 0 radical (unpaired) electrons. The van der Waals surface area contributed by atoms with Crippen LogP contribution in [0, 0.1) is 28.1 Å². The molecule has 0 fully saturated rings. The summed E-state index contributed by atoms with van der Waals surface area (Å²) in [5.74, 6) is -0.381. The maximum atomic E-state index is 11.2. The first kappa shape index (κ1) is 10.4. The average Bonchev–Trinajstić information content (AvgIpc) is 2.12. The van der Waals surface area contributed by atoms with Gasteiger partial charge in [0.1, 0.15) is 12.0 Å². The van der Waals surface area contributed by atoms with Gasteiger partial charge in [-0.15, -0.1) is 0 Å². The number of carbonyl (C=O) groups excluding carboxylic acids is 1. The van der Waals surface area contributed by atoms with Crippen molar-refractivity contribution in [3.8, 4) is 12.1 Å². The van der Waals surface area contributed by atoms with Crippen molar-refractivity contribution in [2.45, 2.75) is 20.3 Å². The number of rotatable bonds is 3. The molecule has 1 N–H and O–H groups in total. The molecule has 0 aromatic carbocycles. The number of hydrogen-bond donors (Lipinski definition) is 1. The quantitative estimate of drug-likeness (QED) is 0.621. The fourth-order valence-electron chi connectivity index (χ4n) is 0.605. The Bertz CT molecular complexity index is 248. The van der Waals surface area contributed by atoms with Crippen molar-refractivity contribution in [2.75, 3.05) is 6.54 Å². The zero-order valence-corrected chi connectivity index (χ0v) is 7.22. The van der Waals surface area contributed by atoms with Crippen molar-refractivity contribution in [3.05, 3.63) is 0 Å². The van der Waals surface area contributed by atoms with Gasteiger partial charge in [-0.2, -0.15) is 10.5 Å². The van der Waals surface area contributed by atoms with Gasteiger partial charge >= 0.3 is 0 Å². The Hall–Kier alpha value is -1.55. The summed E-state index contributed by atoms with van der Waals surface area (Å²) in [5, 5.41) is 19.2.